The molecule has 1 spiro atoms. The van der Waals surface area contributed by atoms with E-state index in [9.17, 15) is 0 Å². The number of anilines is 3. The monoisotopic (exact) mass is 738 g/mol. The first-order valence-corrected chi connectivity index (χ1v) is 20.0. The van der Waals surface area contributed by atoms with Gasteiger partial charge >= 0.3 is 0 Å². The number of rotatable bonds is 4. The maximum absolute atomic E-state index is 6.91. The lowest BCUT2D eigenvalue weighted by molar-refractivity contribution is 0.669. The maximum atomic E-state index is 6.91. The Morgan fingerprint density at radius 3 is 1.71 bits per heavy atom. The van der Waals surface area contributed by atoms with Gasteiger partial charge in [0.25, 0.3) is 0 Å². The summed E-state index contributed by atoms with van der Waals surface area (Å²) in [7, 11) is 0. The van der Waals surface area contributed by atoms with Gasteiger partial charge in [-0.3, -0.25) is 0 Å². The fourth-order valence-corrected chi connectivity index (χ4v) is 10.7. The maximum Gasteiger partial charge on any atom is 0.159 e. The molecule has 2 aliphatic rings. The molecule has 0 saturated heterocycles. The van der Waals surface area contributed by atoms with Crippen molar-refractivity contribution in [2.75, 3.05) is 4.90 Å². The molecule has 0 fully saturated rings. The van der Waals surface area contributed by atoms with Crippen LogP contribution in [0.4, 0.5) is 17.1 Å². The minimum atomic E-state index is -0.471. The van der Waals surface area contributed by atoms with E-state index in [1.807, 2.05) is 0 Å². The number of hydrogen-bond acceptors (Lipinski definition) is 2. The molecule has 0 aliphatic heterocycles. The number of furan rings is 1. The van der Waals surface area contributed by atoms with Gasteiger partial charge in [-0.25, -0.2) is 0 Å². The fourth-order valence-electron chi connectivity index (χ4n) is 10.7. The highest BCUT2D eigenvalue weighted by Gasteiger charge is 2.52. The third kappa shape index (κ3) is 3.97. The van der Waals surface area contributed by atoms with Gasteiger partial charge in [-0.05, 0) is 87.5 Å². The SMILES string of the molecule is c1ccc(-n2c3ccccc3c3c(N(c4cccc5c4-c4ccccc4C54c5ccccc5-c5ccccc54)c4cccc5c4oc4ccccc45)cccc32)cc1. The van der Waals surface area contributed by atoms with Crippen LogP contribution in [0.5, 0.6) is 0 Å². The molecule has 3 nitrogen and oxygen atoms in total. The van der Waals surface area contributed by atoms with Gasteiger partial charge in [0.05, 0.1) is 33.5 Å². The molecule has 58 heavy (non-hydrogen) atoms. The van der Waals surface area contributed by atoms with Crippen LogP contribution in [0.1, 0.15) is 22.3 Å². The van der Waals surface area contributed by atoms with E-state index in [1.165, 1.54) is 60.8 Å². The predicted molar refractivity (Wildman–Crippen MR) is 239 cm³/mol. The van der Waals surface area contributed by atoms with E-state index >= 15 is 0 Å². The van der Waals surface area contributed by atoms with Crippen LogP contribution in [-0.2, 0) is 5.41 Å². The van der Waals surface area contributed by atoms with E-state index in [0.717, 1.165) is 50.2 Å². The quantitative estimate of drug-likeness (QED) is 0.179. The molecular weight excluding hydrogens is 705 g/mol. The van der Waals surface area contributed by atoms with Gasteiger partial charge in [0.2, 0.25) is 0 Å². The summed E-state index contributed by atoms with van der Waals surface area (Å²) in [4.78, 5) is 2.50. The average molecular weight is 739 g/mol. The first-order valence-electron chi connectivity index (χ1n) is 20.0. The molecule has 0 N–H and O–H groups in total. The number of para-hydroxylation sites is 4. The number of aromatic nitrogens is 1. The van der Waals surface area contributed by atoms with Gasteiger partial charge in [0, 0.05) is 32.8 Å². The highest BCUT2D eigenvalue weighted by molar-refractivity contribution is 6.19. The number of nitrogens with zero attached hydrogens (tertiary/aromatic N) is 2. The van der Waals surface area contributed by atoms with Crippen molar-refractivity contribution in [1.29, 1.82) is 0 Å². The van der Waals surface area contributed by atoms with Crippen LogP contribution < -0.4 is 4.90 Å². The Morgan fingerprint density at radius 1 is 0.379 bits per heavy atom. The van der Waals surface area contributed by atoms with Crippen LogP contribution in [0.15, 0.2) is 211 Å². The highest BCUT2D eigenvalue weighted by Crippen LogP contribution is 2.65. The summed E-state index contributed by atoms with van der Waals surface area (Å²) in [6.45, 7) is 0. The first-order chi connectivity index (χ1) is 28.8. The minimum absolute atomic E-state index is 0.471. The molecule has 2 aromatic heterocycles. The Labute approximate surface area is 335 Å². The first kappa shape index (κ1) is 31.6. The zero-order valence-corrected chi connectivity index (χ0v) is 31.4. The van der Waals surface area contributed by atoms with E-state index in [0.29, 0.717) is 0 Å². The smallest absolute Gasteiger partial charge is 0.159 e. The highest BCUT2D eigenvalue weighted by atomic mass is 16.3. The van der Waals surface area contributed by atoms with Gasteiger partial charge in [0.15, 0.2) is 5.58 Å². The Kier molecular flexibility index (Phi) is 6.37. The second-order valence-electron chi connectivity index (χ2n) is 15.5. The lowest BCUT2D eigenvalue weighted by atomic mass is 9.70. The van der Waals surface area contributed by atoms with Crippen molar-refractivity contribution in [1.82, 2.24) is 4.57 Å². The molecule has 11 aromatic rings. The van der Waals surface area contributed by atoms with E-state index in [2.05, 4.69) is 216 Å². The van der Waals surface area contributed by atoms with E-state index in [1.54, 1.807) is 0 Å². The summed E-state index contributed by atoms with van der Waals surface area (Å²) in [6, 6.07) is 75.4. The average Bonchev–Trinajstić information content (AvgIpc) is 4.01. The Hall–Kier alpha value is -7.62. The van der Waals surface area contributed by atoms with Crippen LogP contribution in [0.3, 0.4) is 0 Å². The zero-order valence-electron chi connectivity index (χ0n) is 31.4. The van der Waals surface area contributed by atoms with Crippen molar-refractivity contribution in [3.63, 3.8) is 0 Å². The minimum Gasteiger partial charge on any atom is -0.454 e. The van der Waals surface area contributed by atoms with Gasteiger partial charge in [-0.15, -0.1) is 0 Å². The van der Waals surface area contributed by atoms with Crippen LogP contribution >= 0.6 is 0 Å². The number of fused-ring (bicyclic) bond motifs is 16. The third-order valence-electron chi connectivity index (χ3n) is 12.8. The van der Waals surface area contributed by atoms with Gasteiger partial charge in [-0.1, -0.05) is 158 Å². The Bertz CT molecular complexity index is 3430. The van der Waals surface area contributed by atoms with Crippen molar-refractivity contribution in [2.24, 2.45) is 0 Å². The van der Waals surface area contributed by atoms with Crippen molar-refractivity contribution >= 4 is 60.8 Å². The molecule has 0 atom stereocenters. The van der Waals surface area contributed by atoms with Gasteiger partial charge in [0.1, 0.15) is 5.58 Å². The van der Waals surface area contributed by atoms with Crippen LogP contribution in [0, 0.1) is 0 Å². The largest absolute Gasteiger partial charge is 0.454 e. The standard InChI is InChI=1S/C55H34N2O/c1-2-17-35(18-3-1)56-46-29-12-7-23-41(46)53-48(56)31-16-32-49(53)57(50-33-14-24-39-38-21-8-13-34-51(38)58-54(39)50)47-30-15-28-45-52(47)40-22-6-11-27-44(40)55(45)42-25-9-4-19-36(42)37-20-5-10-26-43(37)55/h1-34H. The molecule has 13 rings (SSSR count). The molecule has 0 radical (unpaired) electrons. The van der Waals surface area contributed by atoms with Crippen molar-refractivity contribution in [2.45, 2.75) is 5.41 Å². The van der Waals surface area contributed by atoms with Gasteiger partial charge in [-0.2, -0.15) is 0 Å². The van der Waals surface area contributed by atoms with E-state index in [4.69, 9.17) is 4.42 Å². The van der Waals surface area contributed by atoms with Crippen LogP contribution in [0.2, 0.25) is 0 Å². The summed E-state index contributed by atoms with van der Waals surface area (Å²) in [5, 5.41) is 4.59. The second kappa shape index (κ2) is 11.7. The van der Waals surface area contributed by atoms with Crippen LogP contribution in [0.25, 0.3) is 71.7 Å². The zero-order chi connectivity index (χ0) is 38.0. The second-order valence-corrected chi connectivity index (χ2v) is 15.5. The Morgan fingerprint density at radius 2 is 0.914 bits per heavy atom. The summed E-state index contributed by atoms with van der Waals surface area (Å²) < 4.78 is 9.31. The van der Waals surface area contributed by atoms with Crippen molar-refractivity contribution in [3.05, 3.63) is 229 Å². The molecule has 0 saturated carbocycles. The number of hydrogen-bond donors (Lipinski definition) is 0. The summed E-state index contributed by atoms with van der Waals surface area (Å²) >= 11 is 0. The summed E-state index contributed by atoms with van der Waals surface area (Å²) in [6.07, 6.45) is 0. The van der Waals surface area contributed by atoms with Crippen molar-refractivity contribution < 1.29 is 4.42 Å². The third-order valence-corrected chi connectivity index (χ3v) is 12.8. The van der Waals surface area contributed by atoms with E-state index < -0.39 is 5.41 Å². The molecule has 2 heterocycles. The lowest BCUT2D eigenvalue weighted by Crippen LogP contribution is -2.26. The molecule has 9 aromatic carbocycles. The number of benzene rings is 9. The molecule has 3 heteroatoms. The molecule has 0 amide bonds. The summed E-state index contributed by atoms with van der Waals surface area (Å²) in [5.41, 5.74) is 18.3. The van der Waals surface area contributed by atoms with Gasteiger partial charge < -0.3 is 13.9 Å². The predicted octanol–water partition coefficient (Wildman–Crippen LogP) is 14.5. The van der Waals surface area contributed by atoms with E-state index in [-0.39, 0.29) is 0 Å². The Balaban J connectivity index is 1.19. The molecule has 2 aliphatic carbocycles. The molecule has 0 bridgehead atoms. The normalized spacial score (nSPS) is 13.3. The molecular formula is C55H34N2O. The molecule has 0 unspecified atom stereocenters. The van der Waals surface area contributed by atoms with Crippen LogP contribution in [-0.4, -0.2) is 4.57 Å². The topological polar surface area (TPSA) is 21.3 Å². The summed E-state index contributed by atoms with van der Waals surface area (Å²) in [5.74, 6) is 0. The molecule has 270 valence electrons. The lowest BCUT2D eigenvalue weighted by Gasteiger charge is -2.32. The van der Waals surface area contributed by atoms with Crippen molar-refractivity contribution in [3.8, 4) is 27.9 Å². The fraction of sp³-hybridized carbons (Fsp3) is 0.0182.